The van der Waals surface area contributed by atoms with Crippen molar-refractivity contribution in [1.29, 1.82) is 0 Å². The number of carbonyl (C=O) groups is 2. The lowest BCUT2D eigenvalue weighted by atomic mass is 10.2. The molecule has 2 amide bonds. The maximum atomic E-state index is 11.5. The number of benzene rings is 1. The highest BCUT2D eigenvalue weighted by atomic mass is 35.5. The smallest absolute Gasteiger partial charge is 0.332 e. The molecule has 0 aromatic heterocycles. The van der Waals surface area contributed by atoms with Gasteiger partial charge in [-0.25, -0.2) is 9.59 Å². The molecule has 0 aliphatic rings. The van der Waals surface area contributed by atoms with Gasteiger partial charge in [0.05, 0.1) is 15.6 Å². The highest BCUT2D eigenvalue weighted by molar-refractivity contribution is 6.33. The summed E-state index contributed by atoms with van der Waals surface area (Å²) in [6, 6.07) is 2.82. The fourth-order valence-electron chi connectivity index (χ4n) is 1.34. The van der Waals surface area contributed by atoms with Gasteiger partial charge in [-0.3, -0.25) is 10.1 Å². The zero-order chi connectivity index (χ0) is 16.0. The van der Waals surface area contributed by atoms with Crippen LogP contribution in [0.3, 0.4) is 0 Å². The van der Waals surface area contributed by atoms with Gasteiger partial charge < -0.3 is 20.8 Å². The zero-order valence-electron chi connectivity index (χ0n) is 10.6. The van der Waals surface area contributed by atoms with E-state index >= 15 is 0 Å². The average Bonchev–Trinajstić information content (AvgIpc) is 2.40. The Morgan fingerprint density at radius 1 is 1.43 bits per heavy atom. The normalized spacial score (nSPS) is 11.5. The largest absolute Gasteiger partial charge is 0.479 e. The Kier molecular flexibility index (Phi) is 5.88. The number of hydrogen-bond acceptors (Lipinski definition) is 5. The highest BCUT2D eigenvalue weighted by Crippen LogP contribution is 2.26. The number of anilines is 1. The minimum absolute atomic E-state index is 0.0437. The Morgan fingerprint density at radius 2 is 2.10 bits per heavy atom. The van der Waals surface area contributed by atoms with Crippen molar-refractivity contribution >= 4 is 35.0 Å². The van der Waals surface area contributed by atoms with E-state index < -0.39 is 23.0 Å². The molecule has 10 heteroatoms. The van der Waals surface area contributed by atoms with Crippen LogP contribution in [0.4, 0.5) is 16.2 Å². The number of nitro benzene ring substituents is 1. The Labute approximate surface area is 123 Å². The third-order valence-electron chi connectivity index (χ3n) is 2.40. The standard InChI is InChI=1S/C11H12ClN3O6/c12-7-2-1-6(15(20)21)5-8(7)14-11(19)13-4-3-9(16)10(17)18/h1-2,5,9,16H,3-4H2,(H,17,18)(H2,13,14,19). The number of carboxylic acids is 1. The number of nitrogens with one attached hydrogen (secondary N) is 2. The highest BCUT2D eigenvalue weighted by Gasteiger charge is 2.14. The Bertz CT molecular complexity index is 565. The van der Waals surface area contributed by atoms with Crippen LogP contribution in [-0.4, -0.2) is 39.8 Å². The second-order valence-corrected chi connectivity index (χ2v) is 4.35. The number of halogens is 1. The van der Waals surface area contributed by atoms with Crippen LogP contribution in [-0.2, 0) is 4.79 Å². The van der Waals surface area contributed by atoms with Crippen LogP contribution in [0.1, 0.15) is 6.42 Å². The van der Waals surface area contributed by atoms with Crippen molar-refractivity contribution in [3.63, 3.8) is 0 Å². The average molecular weight is 318 g/mol. The summed E-state index contributed by atoms with van der Waals surface area (Å²) < 4.78 is 0. The molecular formula is C11H12ClN3O6. The van der Waals surface area contributed by atoms with Crippen molar-refractivity contribution in [3.05, 3.63) is 33.3 Å². The number of amides is 2. The molecule has 1 aromatic carbocycles. The van der Waals surface area contributed by atoms with Gasteiger partial charge >= 0.3 is 12.0 Å². The lowest BCUT2D eigenvalue weighted by Gasteiger charge is -2.10. The number of nitrogens with zero attached hydrogens (tertiary/aromatic N) is 1. The monoisotopic (exact) mass is 317 g/mol. The van der Waals surface area contributed by atoms with Crippen molar-refractivity contribution in [2.45, 2.75) is 12.5 Å². The van der Waals surface area contributed by atoms with Gasteiger partial charge in [0.25, 0.3) is 5.69 Å². The lowest BCUT2D eigenvalue weighted by molar-refractivity contribution is -0.384. The van der Waals surface area contributed by atoms with Gasteiger partial charge in [0.15, 0.2) is 6.10 Å². The SMILES string of the molecule is O=C(NCCC(O)C(=O)O)Nc1cc([N+](=O)[O-])ccc1Cl. The van der Waals surface area contributed by atoms with Crippen LogP contribution in [0.2, 0.25) is 5.02 Å². The third-order valence-corrected chi connectivity index (χ3v) is 2.73. The first-order valence-electron chi connectivity index (χ1n) is 5.71. The van der Waals surface area contributed by atoms with Gasteiger partial charge in [-0.05, 0) is 6.07 Å². The number of nitro groups is 1. The summed E-state index contributed by atoms with van der Waals surface area (Å²) in [5, 5.41) is 32.8. The fourth-order valence-corrected chi connectivity index (χ4v) is 1.50. The number of carboxylic acid groups (broad SMARTS) is 1. The maximum absolute atomic E-state index is 11.5. The number of hydrogen-bond donors (Lipinski definition) is 4. The number of non-ortho nitro benzene ring substituents is 1. The molecule has 1 unspecified atom stereocenters. The van der Waals surface area contributed by atoms with Crippen molar-refractivity contribution < 1.29 is 24.7 Å². The summed E-state index contributed by atoms with van der Waals surface area (Å²) in [7, 11) is 0. The number of aliphatic hydroxyl groups excluding tert-OH is 1. The first-order chi connectivity index (χ1) is 9.81. The van der Waals surface area contributed by atoms with E-state index in [0.717, 1.165) is 6.07 Å². The number of rotatable bonds is 6. The molecule has 0 bridgehead atoms. The molecule has 0 heterocycles. The predicted molar refractivity (Wildman–Crippen MR) is 73.4 cm³/mol. The first kappa shape index (κ1) is 16.7. The van der Waals surface area contributed by atoms with Crippen molar-refractivity contribution in [3.8, 4) is 0 Å². The summed E-state index contributed by atoms with van der Waals surface area (Å²) >= 11 is 5.79. The van der Waals surface area contributed by atoms with Crippen LogP contribution in [0.15, 0.2) is 18.2 Å². The van der Waals surface area contributed by atoms with Gasteiger partial charge in [-0.1, -0.05) is 11.6 Å². The van der Waals surface area contributed by atoms with Gasteiger partial charge in [0.2, 0.25) is 0 Å². The van der Waals surface area contributed by atoms with Crippen molar-refractivity contribution in [1.82, 2.24) is 5.32 Å². The molecule has 4 N–H and O–H groups in total. The van der Waals surface area contributed by atoms with Crippen LogP contribution in [0, 0.1) is 10.1 Å². The first-order valence-corrected chi connectivity index (χ1v) is 6.08. The molecule has 0 aliphatic heterocycles. The Balaban J connectivity index is 2.57. The molecule has 0 radical (unpaired) electrons. The molecule has 1 aromatic rings. The Morgan fingerprint density at radius 3 is 2.67 bits per heavy atom. The summed E-state index contributed by atoms with van der Waals surface area (Å²) in [6.07, 6.45) is -1.75. The minimum atomic E-state index is -1.58. The molecule has 21 heavy (non-hydrogen) atoms. The van der Waals surface area contributed by atoms with E-state index in [1.54, 1.807) is 0 Å². The molecular weight excluding hydrogens is 306 g/mol. The van der Waals surface area contributed by atoms with Gasteiger partial charge in [0, 0.05) is 25.1 Å². The third kappa shape index (κ3) is 5.24. The van der Waals surface area contributed by atoms with E-state index in [1.165, 1.54) is 12.1 Å². The summed E-state index contributed by atoms with van der Waals surface area (Å²) in [5.74, 6) is -1.39. The summed E-state index contributed by atoms with van der Waals surface area (Å²) in [4.78, 5) is 31.8. The van der Waals surface area contributed by atoms with Crippen molar-refractivity contribution in [2.75, 3.05) is 11.9 Å². The van der Waals surface area contributed by atoms with Gasteiger partial charge in [0.1, 0.15) is 0 Å². The maximum Gasteiger partial charge on any atom is 0.332 e. The predicted octanol–water partition coefficient (Wildman–Crippen LogP) is 1.21. The number of urea groups is 1. The molecule has 1 atom stereocenters. The zero-order valence-corrected chi connectivity index (χ0v) is 11.3. The van der Waals surface area contributed by atoms with E-state index in [9.17, 15) is 19.7 Å². The molecule has 114 valence electrons. The Hall–Kier alpha value is -2.39. The molecule has 0 saturated heterocycles. The van der Waals surface area contributed by atoms with Gasteiger partial charge in [-0.2, -0.15) is 0 Å². The van der Waals surface area contributed by atoms with Crippen LogP contribution >= 0.6 is 11.6 Å². The van der Waals surface area contributed by atoms with Crippen LogP contribution in [0.25, 0.3) is 0 Å². The second-order valence-electron chi connectivity index (χ2n) is 3.94. The van der Waals surface area contributed by atoms with Crippen LogP contribution < -0.4 is 10.6 Å². The summed E-state index contributed by atoms with van der Waals surface area (Å²) in [5.41, 5.74) is -0.196. The van der Waals surface area contributed by atoms with Gasteiger partial charge in [-0.15, -0.1) is 0 Å². The van der Waals surface area contributed by atoms with E-state index in [-0.39, 0.29) is 29.4 Å². The quantitative estimate of drug-likeness (QED) is 0.459. The molecule has 0 aliphatic carbocycles. The molecule has 9 nitrogen and oxygen atoms in total. The molecule has 0 spiro atoms. The lowest BCUT2D eigenvalue weighted by Crippen LogP contribution is -2.33. The summed E-state index contributed by atoms with van der Waals surface area (Å²) in [6.45, 7) is -0.0914. The molecule has 0 saturated carbocycles. The number of aliphatic hydroxyl groups is 1. The topological polar surface area (TPSA) is 142 Å². The van der Waals surface area contributed by atoms with Crippen LogP contribution in [0.5, 0.6) is 0 Å². The molecule has 0 fully saturated rings. The number of aliphatic carboxylic acids is 1. The van der Waals surface area contributed by atoms with E-state index in [4.69, 9.17) is 21.8 Å². The molecule has 1 rings (SSSR count). The fraction of sp³-hybridized carbons (Fsp3) is 0.273. The van der Waals surface area contributed by atoms with E-state index in [2.05, 4.69) is 10.6 Å². The number of carbonyl (C=O) groups excluding carboxylic acids is 1. The van der Waals surface area contributed by atoms with Crippen molar-refractivity contribution in [2.24, 2.45) is 0 Å². The van der Waals surface area contributed by atoms with E-state index in [1.807, 2.05) is 0 Å². The van der Waals surface area contributed by atoms with E-state index in [0.29, 0.717) is 0 Å². The second kappa shape index (κ2) is 7.41. The minimum Gasteiger partial charge on any atom is -0.479 e.